The Morgan fingerprint density at radius 2 is 1.16 bits per heavy atom. The molecule has 7 heteroatoms. The van der Waals surface area contributed by atoms with Crippen molar-refractivity contribution in [3.63, 3.8) is 0 Å². The first-order chi connectivity index (χ1) is 15.1. The Bertz CT molecular complexity index is 736. The maximum Gasteiger partial charge on any atom is 0.373 e. The van der Waals surface area contributed by atoms with E-state index in [0.29, 0.717) is 24.2 Å². The van der Waals surface area contributed by atoms with Crippen LogP contribution in [0.15, 0.2) is 48.5 Å². The zero-order valence-electron chi connectivity index (χ0n) is 17.9. The minimum atomic E-state index is -0.705. The fourth-order valence-electron chi connectivity index (χ4n) is 2.47. The van der Waals surface area contributed by atoms with Crippen LogP contribution in [0.4, 0.5) is 0 Å². The molecule has 31 heavy (non-hydrogen) atoms. The van der Waals surface area contributed by atoms with Gasteiger partial charge in [-0.25, -0.2) is 9.59 Å². The van der Waals surface area contributed by atoms with Crippen molar-refractivity contribution in [3.05, 3.63) is 84.0 Å². The smallest absolute Gasteiger partial charge is 0.373 e. The summed E-state index contributed by atoms with van der Waals surface area (Å²) >= 11 is 0. The van der Waals surface area contributed by atoms with Crippen LogP contribution in [-0.4, -0.2) is 25.2 Å². The number of hydrogen-bond donors (Lipinski definition) is 0. The van der Waals surface area contributed by atoms with Gasteiger partial charge in [0, 0.05) is 13.0 Å². The van der Waals surface area contributed by atoms with Crippen LogP contribution in [0.1, 0.15) is 58.5 Å². The molecule has 0 aliphatic rings. The second-order valence-electron chi connectivity index (χ2n) is 6.60. The molecule has 0 aliphatic carbocycles. The van der Waals surface area contributed by atoms with Gasteiger partial charge in [0.25, 0.3) is 0 Å². The number of hydrogen-bond acceptors (Lipinski definition) is 7. The zero-order chi connectivity index (χ0) is 22.5. The Morgan fingerprint density at radius 1 is 0.710 bits per heavy atom. The van der Waals surface area contributed by atoms with Crippen molar-refractivity contribution < 1.29 is 33.9 Å². The first-order valence-corrected chi connectivity index (χ1v) is 10.3. The van der Waals surface area contributed by atoms with Crippen LogP contribution < -0.4 is 0 Å². The fraction of sp³-hybridized carbons (Fsp3) is 0.333. The largest absolute Gasteiger partial charge is 0.381 e. The van der Waals surface area contributed by atoms with E-state index in [4.69, 9.17) is 24.3 Å². The number of carbonyl (C=O) groups excluding carboxylic acids is 2. The van der Waals surface area contributed by atoms with Gasteiger partial charge >= 0.3 is 18.2 Å². The fourth-order valence-corrected chi connectivity index (χ4v) is 2.47. The molecule has 0 unspecified atom stereocenters. The van der Waals surface area contributed by atoms with Gasteiger partial charge in [0.2, 0.25) is 0 Å². The van der Waals surface area contributed by atoms with Crippen molar-refractivity contribution in [2.45, 2.75) is 39.5 Å². The Kier molecular flexibility index (Phi) is 10.7. The van der Waals surface area contributed by atoms with E-state index in [1.54, 1.807) is 24.3 Å². The lowest BCUT2D eigenvalue weighted by atomic mass is 10.1. The third-order valence-corrected chi connectivity index (χ3v) is 4.36. The molecule has 0 aromatic heterocycles. The van der Waals surface area contributed by atoms with E-state index in [-0.39, 0.29) is 19.3 Å². The number of ether oxygens (including phenoxy) is 1. The van der Waals surface area contributed by atoms with Crippen LogP contribution in [0.5, 0.6) is 0 Å². The molecule has 0 amide bonds. The summed E-state index contributed by atoms with van der Waals surface area (Å²) in [4.78, 5) is 44.0. The summed E-state index contributed by atoms with van der Waals surface area (Å²) in [5.74, 6) is -1.41. The monoisotopic (exact) mass is 428 g/mol. The third-order valence-electron chi connectivity index (χ3n) is 4.36. The van der Waals surface area contributed by atoms with Gasteiger partial charge in [-0.2, -0.15) is 0 Å². The average molecular weight is 428 g/mol. The molecule has 7 nitrogen and oxygen atoms in total. The number of aryl methyl sites for hydroxylation is 2. The van der Waals surface area contributed by atoms with E-state index >= 15 is 0 Å². The quantitative estimate of drug-likeness (QED) is 0.257. The summed E-state index contributed by atoms with van der Waals surface area (Å²) in [5, 5.41) is 0. The van der Waals surface area contributed by atoms with Crippen LogP contribution in [0.3, 0.4) is 0 Å². The molecule has 0 aliphatic heterocycles. The molecule has 0 atom stereocenters. The minimum Gasteiger partial charge on any atom is -0.381 e. The maximum atomic E-state index is 12.2. The van der Waals surface area contributed by atoms with Crippen LogP contribution >= 0.6 is 0 Å². The summed E-state index contributed by atoms with van der Waals surface area (Å²) in [6.07, 6.45) is 2.18. The molecule has 2 aromatic rings. The molecule has 0 saturated heterocycles. The lowest BCUT2D eigenvalue weighted by Gasteiger charge is -2.14. The highest BCUT2D eigenvalue weighted by Gasteiger charge is 2.21. The Morgan fingerprint density at radius 3 is 1.55 bits per heavy atom. The lowest BCUT2D eigenvalue weighted by molar-refractivity contribution is -0.364. The predicted octanol–water partition coefficient (Wildman–Crippen LogP) is 4.81. The zero-order valence-corrected chi connectivity index (χ0v) is 17.9. The van der Waals surface area contributed by atoms with Crippen molar-refractivity contribution in [2.75, 3.05) is 13.2 Å². The Balaban J connectivity index is 1.90. The molecule has 2 rings (SSSR count). The molecular formula is C24H28O7. The second kappa shape index (κ2) is 13.5. The van der Waals surface area contributed by atoms with E-state index in [9.17, 15) is 9.59 Å². The van der Waals surface area contributed by atoms with Crippen LogP contribution in [0.25, 0.3) is 0 Å². The van der Waals surface area contributed by atoms with Crippen molar-refractivity contribution >= 4 is 11.9 Å². The SMILES string of the molecule is [CH2]CCOCC[C](OOC(=O)c1ccc(CC)cc1)OOC(=O)c1ccc(CC)cc1. The summed E-state index contributed by atoms with van der Waals surface area (Å²) in [6.45, 7) is 8.37. The van der Waals surface area contributed by atoms with Crippen LogP contribution in [-0.2, 0) is 37.1 Å². The lowest BCUT2D eigenvalue weighted by Crippen LogP contribution is -2.17. The highest BCUT2D eigenvalue weighted by Crippen LogP contribution is 2.16. The minimum absolute atomic E-state index is 0.0874. The molecule has 0 bridgehead atoms. The second-order valence-corrected chi connectivity index (χ2v) is 6.60. The molecular weight excluding hydrogens is 400 g/mol. The maximum absolute atomic E-state index is 12.2. The predicted molar refractivity (Wildman–Crippen MR) is 113 cm³/mol. The van der Waals surface area contributed by atoms with Gasteiger partial charge in [-0.3, -0.25) is 9.78 Å². The van der Waals surface area contributed by atoms with Gasteiger partial charge in [-0.1, -0.05) is 45.0 Å². The van der Waals surface area contributed by atoms with E-state index in [0.717, 1.165) is 24.0 Å². The first kappa shape index (κ1) is 24.5. The molecule has 0 N–H and O–H groups in total. The van der Waals surface area contributed by atoms with Gasteiger partial charge in [-0.15, -0.1) is 9.78 Å². The number of benzene rings is 2. The Labute approximate surface area is 183 Å². The molecule has 0 spiro atoms. The molecule has 2 aromatic carbocycles. The van der Waals surface area contributed by atoms with E-state index in [2.05, 4.69) is 6.92 Å². The van der Waals surface area contributed by atoms with Crippen molar-refractivity contribution in [1.29, 1.82) is 0 Å². The average Bonchev–Trinajstić information content (AvgIpc) is 2.82. The molecule has 0 fully saturated rings. The normalized spacial score (nSPS) is 10.8. The number of rotatable bonds is 13. The summed E-state index contributed by atoms with van der Waals surface area (Å²) in [5.41, 5.74) is 2.82. The highest BCUT2D eigenvalue weighted by atomic mass is 17.3. The molecule has 166 valence electrons. The van der Waals surface area contributed by atoms with Crippen LogP contribution in [0, 0.1) is 13.2 Å². The standard InChI is InChI=1S/C24H28O7/c1-4-16-27-17-15-22(28-30-23(25)20-11-7-18(5-2)8-12-20)29-31-24(26)21-13-9-19(6-3)10-14-21/h7-14H,1,4-6,15-17H2,2-3H3. The molecule has 0 heterocycles. The highest BCUT2D eigenvalue weighted by molar-refractivity contribution is 5.89. The molecule has 0 saturated carbocycles. The van der Waals surface area contributed by atoms with Gasteiger partial charge in [0.05, 0.1) is 17.7 Å². The van der Waals surface area contributed by atoms with Crippen molar-refractivity contribution in [1.82, 2.24) is 0 Å². The molecule has 2 radical (unpaired) electrons. The van der Waals surface area contributed by atoms with E-state index < -0.39 is 11.9 Å². The van der Waals surface area contributed by atoms with Gasteiger partial charge in [0.1, 0.15) is 0 Å². The Hall–Kier alpha value is -2.74. The summed E-state index contributed by atoms with van der Waals surface area (Å²) in [6, 6.07) is 13.9. The van der Waals surface area contributed by atoms with Gasteiger partial charge in [-0.05, 0) is 54.7 Å². The van der Waals surface area contributed by atoms with Gasteiger partial charge < -0.3 is 4.74 Å². The van der Waals surface area contributed by atoms with E-state index in [1.807, 2.05) is 38.1 Å². The number of carbonyl (C=O) groups is 2. The van der Waals surface area contributed by atoms with Crippen molar-refractivity contribution in [3.8, 4) is 0 Å². The summed E-state index contributed by atoms with van der Waals surface area (Å²) < 4.78 is 5.32. The third kappa shape index (κ3) is 8.49. The topological polar surface area (TPSA) is 80.3 Å². The van der Waals surface area contributed by atoms with Gasteiger partial charge in [0.15, 0.2) is 0 Å². The van der Waals surface area contributed by atoms with Crippen LogP contribution in [0.2, 0.25) is 0 Å². The summed E-state index contributed by atoms with van der Waals surface area (Å²) in [7, 11) is 0. The first-order valence-electron chi connectivity index (χ1n) is 10.3. The van der Waals surface area contributed by atoms with Crippen molar-refractivity contribution in [2.24, 2.45) is 0 Å². The van der Waals surface area contributed by atoms with E-state index in [1.165, 1.54) is 0 Å².